The number of nitrogens with zero attached hydrogens (tertiary/aromatic N) is 1. The smallest absolute Gasteiger partial charge is 0.254 e. The monoisotopic (exact) mass is 248 g/mol. The van der Waals surface area contributed by atoms with E-state index in [-0.39, 0.29) is 23.3 Å². The fraction of sp³-hybridized carbons (Fsp3) is 0.462. The second-order valence-corrected chi connectivity index (χ2v) is 4.63. The molecule has 1 saturated carbocycles. The van der Waals surface area contributed by atoms with E-state index in [0.29, 0.717) is 31.2 Å². The van der Waals surface area contributed by atoms with Crippen LogP contribution in [0.4, 0.5) is 0 Å². The van der Waals surface area contributed by atoms with E-state index in [1.54, 1.807) is 18.0 Å². The molecule has 0 saturated heterocycles. The van der Waals surface area contributed by atoms with Crippen molar-refractivity contribution in [2.24, 2.45) is 0 Å². The summed E-state index contributed by atoms with van der Waals surface area (Å²) in [7, 11) is 1.73. The number of H-pyrrole nitrogens is 1. The predicted molar refractivity (Wildman–Crippen MR) is 66.4 cm³/mol. The summed E-state index contributed by atoms with van der Waals surface area (Å²) >= 11 is 0. The maximum absolute atomic E-state index is 12.2. The molecule has 0 atom stereocenters. The van der Waals surface area contributed by atoms with Gasteiger partial charge in [0, 0.05) is 43.8 Å². The summed E-state index contributed by atoms with van der Waals surface area (Å²) in [5.74, 6) is 0.101. The number of hydrogen-bond acceptors (Lipinski definition) is 3. The Kier molecular flexibility index (Phi) is 3.60. The SMILES string of the molecule is CN(C(=O)c1cc[nH]c(=O)c1)C1CCC(=O)CC1. The van der Waals surface area contributed by atoms with Gasteiger partial charge >= 0.3 is 0 Å². The van der Waals surface area contributed by atoms with E-state index in [2.05, 4.69) is 4.98 Å². The van der Waals surface area contributed by atoms with Gasteiger partial charge in [-0.1, -0.05) is 0 Å². The van der Waals surface area contributed by atoms with Crippen molar-refractivity contribution >= 4 is 11.7 Å². The van der Waals surface area contributed by atoms with Crippen LogP contribution in [0.2, 0.25) is 0 Å². The van der Waals surface area contributed by atoms with Gasteiger partial charge in [-0.3, -0.25) is 14.4 Å². The van der Waals surface area contributed by atoms with Gasteiger partial charge in [-0.2, -0.15) is 0 Å². The molecule has 96 valence electrons. The number of rotatable bonds is 2. The number of ketones is 1. The van der Waals surface area contributed by atoms with E-state index in [0.717, 1.165) is 0 Å². The van der Waals surface area contributed by atoms with E-state index < -0.39 is 0 Å². The lowest BCUT2D eigenvalue weighted by Crippen LogP contribution is -2.39. The summed E-state index contributed by atoms with van der Waals surface area (Å²) in [6, 6.07) is 2.98. The Morgan fingerprint density at radius 3 is 2.61 bits per heavy atom. The van der Waals surface area contributed by atoms with Crippen molar-refractivity contribution in [1.29, 1.82) is 0 Å². The number of carbonyl (C=O) groups is 2. The zero-order chi connectivity index (χ0) is 13.1. The van der Waals surface area contributed by atoms with E-state index in [9.17, 15) is 14.4 Å². The van der Waals surface area contributed by atoms with Gasteiger partial charge in [0.1, 0.15) is 5.78 Å². The first-order valence-corrected chi connectivity index (χ1v) is 6.05. The van der Waals surface area contributed by atoms with Crippen LogP contribution in [0.25, 0.3) is 0 Å². The first kappa shape index (κ1) is 12.5. The van der Waals surface area contributed by atoms with Crippen LogP contribution in [-0.2, 0) is 4.79 Å². The average Bonchev–Trinajstić information content (AvgIpc) is 2.38. The largest absolute Gasteiger partial charge is 0.339 e. The Hall–Kier alpha value is -1.91. The van der Waals surface area contributed by atoms with Crippen LogP contribution in [0.3, 0.4) is 0 Å². The summed E-state index contributed by atoms with van der Waals surface area (Å²) in [6.07, 6.45) is 3.97. The molecule has 1 aliphatic rings. The molecule has 0 unspecified atom stereocenters. The molecule has 5 heteroatoms. The molecular weight excluding hydrogens is 232 g/mol. The van der Waals surface area contributed by atoms with Crippen molar-refractivity contribution in [3.63, 3.8) is 0 Å². The standard InChI is InChI=1S/C13H16N2O3/c1-15(10-2-4-11(16)5-3-10)13(18)9-6-7-14-12(17)8-9/h6-8,10H,2-5H2,1H3,(H,14,17). The Balaban J connectivity index is 2.09. The van der Waals surface area contributed by atoms with Crippen molar-refractivity contribution in [1.82, 2.24) is 9.88 Å². The van der Waals surface area contributed by atoms with Gasteiger partial charge in [-0.15, -0.1) is 0 Å². The lowest BCUT2D eigenvalue weighted by Gasteiger charge is -2.30. The highest BCUT2D eigenvalue weighted by Gasteiger charge is 2.25. The van der Waals surface area contributed by atoms with Crippen molar-refractivity contribution in [3.8, 4) is 0 Å². The molecule has 1 aliphatic carbocycles. The summed E-state index contributed by atoms with van der Waals surface area (Å²) in [6.45, 7) is 0. The average molecular weight is 248 g/mol. The predicted octanol–water partition coefficient (Wildman–Crippen LogP) is 0.959. The Bertz CT molecular complexity index is 511. The van der Waals surface area contributed by atoms with Gasteiger partial charge < -0.3 is 9.88 Å². The summed E-state index contributed by atoms with van der Waals surface area (Å²) in [4.78, 5) is 38.6. The lowest BCUT2D eigenvalue weighted by atomic mass is 9.93. The van der Waals surface area contributed by atoms with Crippen LogP contribution >= 0.6 is 0 Å². The van der Waals surface area contributed by atoms with Crippen molar-refractivity contribution in [2.75, 3.05) is 7.05 Å². The van der Waals surface area contributed by atoms with Gasteiger partial charge in [0.25, 0.3) is 5.91 Å². The highest BCUT2D eigenvalue weighted by Crippen LogP contribution is 2.20. The maximum atomic E-state index is 12.2. The number of Topliss-reactive ketones (excluding diaryl/α,β-unsaturated/α-hetero) is 1. The van der Waals surface area contributed by atoms with Gasteiger partial charge in [0.2, 0.25) is 5.56 Å². The lowest BCUT2D eigenvalue weighted by molar-refractivity contribution is -0.121. The summed E-state index contributed by atoms with van der Waals surface area (Å²) in [5, 5.41) is 0. The first-order valence-electron chi connectivity index (χ1n) is 6.05. The number of amides is 1. The zero-order valence-corrected chi connectivity index (χ0v) is 10.3. The number of nitrogens with one attached hydrogen (secondary N) is 1. The number of carbonyl (C=O) groups excluding carboxylic acids is 2. The molecule has 18 heavy (non-hydrogen) atoms. The topological polar surface area (TPSA) is 70.2 Å². The van der Waals surface area contributed by atoms with Crippen LogP contribution in [0, 0.1) is 0 Å². The Labute approximate surface area is 105 Å². The van der Waals surface area contributed by atoms with Gasteiger partial charge in [-0.25, -0.2) is 0 Å². The molecule has 1 heterocycles. The molecule has 1 amide bonds. The normalized spacial score (nSPS) is 16.6. The van der Waals surface area contributed by atoms with Crippen LogP contribution in [0.15, 0.2) is 23.1 Å². The summed E-state index contributed by atoms with van der Waals surface area (Å²) in [5.41, 5.74) is 0.103. The molecule has 0 aliphatic heterocycles. The fourth-order valence-corrected chi connectivity index (χ4v) is 2.26. The number of pyridine rings is 1. The fourth-order valence-electron chi connectivity index (χ4n) is 2.26. The Morgan fingerprint density at radius 2 is 2.00 bits per heavy atom. The zero-order valence-electron chi connectivity index (χ0n) is 10.3. The first-order chi connectivity index (χ1) is 8.58. The second-order valence-electron chi connectivity index (χ2n) is 4.63. The minimum Gasteiger partial charge on any atom is -0.339 e. The third-order valence-corrected chi connectivity index (χ3v) is 3.40. The van der Waals surface area contributed by atoms with Crippen LogP contribution in [-0.4, -0.2) is 34.7 Å². The molecule has 2 rings (SSSR count). The van der Waals surface area contributed by atoms with Crippen LogP contribution in [0.1, 0.15) is 36.0 Å². The van der Waals surface area contributed by atoms with Gasteiger partial charge in [-0.05, 0) is 18.9 Å². The molecule has 0 radical (unpaired) electrons. The van der Waals surface area contributed by atoms with Crippen LogP contribution < -0.4 is 5.56 Å². The molecule has 5 nitrogen and oxygen atoms in total. The van der Waals surface area contributed by atoms with E-state index in [4.69, 9.17) is 0 Å². The minimum absolute atomic E-state index is 0.0921. The quantitative estimate of drug-likeness (QED) is 0.847. The van der Waals surface area contributed by atoms with Crippen molar-refractivity contribution in [2.45, 2.75) is 31.7 Å². The minimum atomic E-state index is -0.284. The molecule has 1 aromatic heterocycles. The number of aromatic nitrogens is 1. The molecule has 1 N–H and O–H groups in total. The van der Waals surface area contributed by atoms with E-state index in [1.165, 1.54) is 12.3 Å². The van der Waals surface area contributed by atoms with Crippen molar-refractivity contribution < 1.29 is 9.59 Å². The van der Waals surface area contributed by atoms with Crippen molar-refractivity contribution in [3.05, 3.63) is 34.2 Å². The second kappa shape index (κ2) is 5.16. The third kappa shape index (κ3) is 2.67. The molecule has 0 spiro atoms. The molecule has 1 aromatic rings. The maximum Gasteiger partial charge on any atom is 0.254 e. The van der Waals surface area contributed by atoms with E-state index in [1.807, 2.05) is 0 Å². The highest BCUT2D eigenvalue weighted by atomic mass is 16.2. The van der Waals surface area contributed by atoms with Gasteiger partial charge in [0.15, 0.2) is 0 Å². The third-order valence-electron chi connectivity index (χ3n) is 3.40. The highest BCUT2D eigenvalue weighted by molar-refractivity contribution is 5.94. The van der Waals surface area contributed by atoms with Gasteiger partial charge in [0.05, 0.1) is 0 Å². The number of hydrogen-bond donors (Lipinski definition) is 1. The van der Waals surface area contributed by atoms with E-state index >= 15 is 0 Å². The molecular formula is C13H16N2O3. The Morgan fingerprint density at radius 1 is 1.33 bits per heavy atom. The molecule has 1 fully saturated rings. The summed E-state index contributed by atoms with van der Waals surface area (Å²) < 4.78 is 0. The van der Waals surface area contributed by atoms with Crippen LogP contribution in [0.5, 0.6) is 0 Å². The number of aromatic amines is 1. The molecule has 0 aromatic carbocycles. The molecule has 0 bridgehead atoms.